The van der Waals surface area contributed by atoms with E-state index in [9.17, 15) is 0 Å². The molecule has 0 atom stereocenters. The van der Waals surface area contributed by atoms with Crippen LogP contribution in [-0.2, 0) is 0 Å². The zero-order valence-electron chi connectivity index (χ0n) is 11.1. The second-order valence-corrected chi connectivity index (χ2v) is 4.30. The van der Waals surface area contributed by atoms with Crippen LogP contribution in [0.4, 0.5) is 11.4 Å². The molecule has 0 radical (unpaired) electrons. The SMILES string of the molecule is C=CNC=NCCNc1c(N)cccc1C(C)C. The summed E-state index contributed by atoms with van der Waals surface area (Å²) in [5.74, 6) is 0.446. The van der Waals surface area contributed by atoms with Crippen LogP contribution in [0.2, 0.25) is 0 Å². The van der Waals surface area contributed by atoms with Crippen molar-refractivity contribution in [2.45, 2.75) is 19.8 Å². The Morgan fingerprint density at radius 2 is 2.22 bits per heavy atom. The molecule has 0 fully saturated rings. The first kappa shape index (κ1) is 14.1. The average molecular weight is 246 g/mol. The van der Waals surface area contributed by atoms with Crippen LogP contribution in [0.25, 0.3) is 0 Å². The minimum Gasteiger partial charge on any atom is -0.397 e. The fourth-order valence-electron chi connectivity index (χ4n) is 1.69. The number of hydrogen-bond acceptors (Lipinski definition) is 3. The van der Waals surface area contributed by atoms with E-state index in [1.165, 1.54) is 5.56 Å². The third-order valence-electron chi connectivity index (χ3n) is 2.58. The van der Waals surface area contributed by atoms with Crippen LogP contribution in [-0.4, -0.2) is 19.4 Å². The van der Waals surface area contributed by atoms with Gasteiger partial charge in [-0.05, 0) is 23.7 Å². The number of nitrogens with one attached hydrogen (secondary N) is 2. The number of rotatable bonds is 7. The van der Waals surface area contributed by atoms with Crippen LogP contribution in [0.1, 0.15) is 25.3 Å². The molecule has 98 valence electrons. The lowest BCUT2D eigenvalue weighted by Gasteiger charge is -2.16. The van der Waals surface area contributed by atoms with Gasteiger partial charge in [-0.25, -0.2) is 0 Å². The van der Waals surface area contributed by atoms with Crippen LogP contribution in [0.15, 0.2) is 36.0 Å². The maximum atomic E-state index is 6.00. The quantitative estimate of drug-likeness (QED) is 0.300. The number of nitrogens with zero attached hydrogens (tertiary/aromatic N) is 1. The van der Waals surface area contributed by atoms with Crippen LogP contribution < -0.4 is 16.4 Å². The van der Waals surface area contributed by atoms with E-state index in [1.807, 2.05) is 12.1 Å². The van der Waals surface area contributed by atoms with E-state index in [0.717, 1.165) is 17.9 Å². The van der Waals surface area contributed by atoms with Crippen molar-refractivity contribution >= 4 is 17.7 Å². The molecule has 1 aromatic carbocycles. The van der Waals surface area contributed by atoms with Crippen molar-refractivity contribution < 1.29 is 0 Å². The van der Waals surface area contributed by atoms with Gasteiger partial charge in [0, 0.05) is 6.54 Å². The number of hydrogen-bond donors (Lipinski definition) is 3. The van der Waals surface area contributed by atoms with Crippen LogP contribution in [0.3, 0.4) is 0 Å². The highest BCUT2D eigenvalue weighted by Crippen LogP contribution is 2.29. The van der Waals surface area contributed by atoms with E-state index >= 15 is 0 Å². The van der Waals surface area contributed by atoms with Crippen molar-refractivity contribution in [1.29, 1.82) is 0 Å². The van der Waals surface area contributed by atoms with Gasteiger partial charge in [0.2, 0.25) is 0 Å². The van der Waals surface area contributed by atoms with E-state index in [1.54, 1.807) is 12.5 Å². The lowest BCUT2D eigenvalue weighted by atomic mass is 10.00. The minimum atomic E-state index is 0.446. The number of nitrogen functional groups attached to an aromatic ring is 1. The summed E-state index contributed by atoms with van der Waals surface area (Å²) in [4.78, 5) is 4.17. The molecule has 0 saturated carbocycles. The molecule has 0 amide bonds. The van der Waals surface area contributed by atoms with Gasteiger partial charge in [-0.2, -0.15) is 0 Å². The van der Waals surface area contributed by atoms with Gasteiger partial charge < -0.3 is 16.4 Å². The second kappa shape index (κ2) is 7.37. The molecule has 0 aliphatic carbocycles. The number of aliphatic imine (C=N–C) groups is 1. The summed E-state index contributed by atoms with van der Waals surface area (Å²) < 4.78 is 0. The van der Waals surface area contributed by atoms with Gasteiger partial charge in [-0.1, -0.05) is 32.6 Å². The molecule has 1 aromatic rings. The van der Waals surface area contributed by atoms with Gasteiger partial charge in [0.15, 0.2) is 0 Å². The summed E-state index contributed by atoms with van der Waals surface area (Å²) >= 11 is 0. The minimum absolute atomic E-state index is 0.446. The van der Waals surface area contributed by atoms with Gasteiger partial charge in [-0.15, -0.1) is 0 Å². The molecule has 4 heteroatoms. The Hall–Kier alpha value is -1.97. The van der Waals surface area contributed by atoms with Gasteiger partial charge >= 0.3 is 0 Å². The topological polar surface area (TPSA) is 62.4 Å². The Morgan fingerprint density at radius 3 is 2.89 bits per heavy atom. The molecule has 0 heterocycles. The van der Waals surface area contributed by atoms with Gasteiger partial charge in [0.25, 0.3) is 0 Å². The molecule has 0 aliphatic rings. The highest BCUT2D eigenvalue weighted by molar-refractivity contribution is 5.71. The van der Waals surface area contributed by atoms with Crippen molar-refractivity contribution in [1.82, 2.24) is 5.32 Å². The van der Waals surface area contributed by atoms with Crippen molar-refractivity contribution in [3.63, 3.8) is 0 Å². The van der Waals surface area contributed by atoms with E-state index in [0.29, 0.717) is 12.5 Å². The predicted octanol–water partition coefficient (Wildman–Crippen LogP) is 2.57. The Kier molecular flexibility index (Phi) is 5.77. The molecule has 0 aliphatic heterocycles. The first-order chi connectivity index (χ1) is 8.66. The summed E-state index contributed by atoms with van der Waals surface area (Å²) in [6, 6.07) is 6.00. The highest BCUT2D eigenvalue weighted by atomic mass is 15.0. The van der Waals surface area contributed by atoms with E-state index in [-0.39, 0.29) is 0 Å². The molecule has 1 rings (SSSR count). The van der Waals surface area contributed by atoms with E-state index < -0.39 is 0 Å². The van der Waals surface area contributed by atoms with Crippen molar-refractivity contribution in [3.05, 3.63) is 36.5 Å². The third kappa shape index (κ3) is 4.13. The van der Waals surface area contributed by atoms with Crippen LogP contribution in [0, 0.1) is 0 Å². The zero-order valence-corrected chi connectivity index (χ0v) is 11.1. The normalized spacial score (nSPS) is 10.8. The molecule has 18 heavy (non-hydrogen) atoms. The van der Waals surface area contributed by atoms with Crippen molar-refractivity contribution in [2.75, 3.05) is 24.1 Å². The molecule has 0 spiro atoms. The molecule has 0 aromatic heterocycles. The number of anilines is 2. The summed E-state index contributed by atoms with van der Waals surface area (Å²) in [5, 5.41) is 6.16. The monoisotopic (exact) mass is 246 g/mol. The predicted molar refractivity (Wildman–Crippen MR) is 80.1 cm³/mol. The second-order valence-electron chi connectivity index (χ2n) is 4.30. The standard InChI is InChI=1S/C14H22N4/c1-4-16-10-17-8-9-18-14-12(11(2)3)6-5-7-13(14)15/h4-7,10-11,18H,1,8-9,15H2,2-3H3,(H,16,17). The summed E-state index contributed by atoms with van der Waals surface area (Å²) in [6.07, 6.45) is 3.22. The lowest BCUT2D eigenvalue weighted by Crippen LogP contribution is -2.11. The number of para-hydroxylation sites is 1. The van der Waals surface area contributed by atoms with Gasteiger partial charge in [0.1, 0.15) is 0 Å². The van der Waals surface area contributed by atoms with Crippen molar-refractivity contribution in [3.8, 4) is 0 Å². The fourth-order valence-corrected chi connectivity index (χ4v) is 1.69. The lowest BCUT2D eigenvalue weighted by molar-refractivity contribution is 0.865. The number of benzene rings is 1. The molecule has 4 N–H and O–H groups in total. The summed E-state index contributed by atoms with van der Waals surface area (Å²) in [7, 11) is 0. The Labute approximate surface area is 109 Å². The maximum absolute atomic E-state index is 6.00. The van der Waals surface area contributed by atoms with E-state index in [2.05, 4.69) is 42.1 Å². The molecule has 0 bridgehead atoms. The summed E-state index contributed by atoms with van der Waals surface area (Å²) in [6.45, 7) is 9.29. The van der Waals surface area contributed by atoms with E-state index in [4.69, 9.17) is 5.73 Å². The van der Waals surface area contributed by atoms with Crippen molar-refractivity contribution in [2.24, 2.45) is 4.99 Å². The first-order valence-corrected chi connectivity index (χ1v) is 6.14. The molecule has 0 unspecified atom stereocenters. The smallest absolute Gasteiger partial charge is 0.0863 e. The van der Waals surface area contributed by atoms with Gasteiger partial charge in [0.05, 0.1) is 24.3 Å². The highest BCUT2D eigenvalue weighted by Gasteiger charge is 2.08. The van der Waals surface area contributed by atoms with Gasteiger partial charge in [-0.3, -0.25) is 4.99 Å². The Morgan fingerprint density at radius 1 is 1.44 bits per heavy atom. The molecule has 0 saturated heterocycles. The first-order valence-electron chi connectivity index (χ1n) is 6.14. The maximum Gasteiger partial charge on any atom is 0.0863 e. The zero-order chi connectivity index (χ0) is 13.4. The Balaban J connectivity index is 2.58. The molecular formula is C14H22N4. The number of nitrogens with two attached hydrogens (primary N) is 1. The Bertz CT molecular complexity index is 410. The summed E-state index contributed by atoms with van der Waals surface area (Å²) in [5.41, 5.74) is 9.05. The molecule has 4 nitrogen and oxygen atoms in total. The fraction of sp³-hybridized carbons (Fsp3) is 0.357. The average Bonchev–Trinajstić information content (AvgIpc) is 2.34. The largest absolute Gasteiger partial charge is 0.397 e. The van der Waals surface area contributed by atoms with Crippen LogP contribution in [0.5, 0.6) is 0 Å². The third-order valence-corrected chi connectivity index (χ3v) is 2.58. The van der Waals surface area contributed by atoms with Crippen LogP contribution >= 0.6 is 0 Å². The molecular weight excluding hydrogens is 224 g/mol.